The van der Waals surface area contributed by atoms with Gasteiger partial charge in [0.15, 0.2) is 0 Å². The SMILES string of the molecule is CC(Nc1ccc(Br)cc1)C(=O)N1CCNC1=O. The molecule has 0 spiro atoms. The fraction of sp³-hybridized carbons (Fsp3) is 0.333. The molecular formula is C12H14BrN3O2. The molecule has 1 saturated heterocycles. The van der Waals surface area contributed by atoms with E-state index in [-0.39, 0.29) is 11.9 Å². The lowest BCUT2D eigenvalue weighted by atomic mass is 10.2. The maximum Gasteiger partial charge on any atom is 0.324 e. The number of hydrogen-bond donors (Lipinski definition) is 2. The van der Waals surface area contributed by atoms with Crippen molar-refractivity contribution in [3.63, 3.8) is 0 Å². The maximum atomic E-state index is 12.0. The largest absolute Gasteiger partial charge is 0.374 e. The molecule has 0 saturated carbocycles. The first kappa shape index (κ1) is 12.9. The Balaban J connectivity index is 1.99. The van der Waals surface area contributed by atoms with Gasteiger partial charge in [-0.1, -0.05) is 15.9 Å². The molecule has 1 atom stereocenters. The number of nitrogens with zero attached hydrogens (tertiary/aromatic N) is 1. The van der Waals surface area contributed by atoms with Gasteiger partial charge in [-0.15, -0.1) is 0 Å². The second kappa shape index (κ2) is 5.39. The predicted octanol–water partition coefficient (Wildman–Crippen LogP) is 1.80. The molecule has 5 nitrogen and oxygen atoms in total. The summed E-state index contributed by atoms with van der Waals surface area (Å²) < 4.78 is 0.978. The van der Waals surface area contributed by atoms with Crippen LogP contribution >= 0.6 is 15.9 Å². The molecular weight excluding hydrogens is 298 g/mol. The van der Waals surface area contributed by atoms with Gasteiger partial charge in [0.1, 0.15) is 6.04 Å². The van der Waals surface area contributed by atoms with Gasteiger partial charge >= 0.3 is 6.03 Å². The second-order valence-corrected chi connectivity index (χ2v) is 5.01. The summed E-state index contributed by atoms with van der Waals surface area (Å²) in [4.78, 5) is 24.6. The van der Waals surface area contributed by atoms with E-state index in [1.807, 2.05) is 24.3 Å². The van der Waals surface area contributed by atoms with E-state index in [0.29, 0.717) is 13.1 Å². The van der Waals surface area contributed by atoms with Crippen LogP contribution in [0.5, 0.6) is 0 Å². The zero-order valence-corrected chi connectivity index (χ0v) is 11.5. The average Bonchev–Trinajstić information content (AvgIpc) is 2.77. The summed E-state index contributed by atoms with van der Waals surface area (Å²) in [6.45, 7) is 2.70. The van der Waals surface area contributed by atoms with Gasteiger partial charge in [-0.3, -0.25) is 9.69 Å². The number of halogens is 1. The number of nitrogens with one attached hydrogen (secondary N) is 2. The number of urea groups is 1. The lowest BCUT2D eigenvalue weighted by Gasteiger charge is -2.19. The highest BCUT2D eigenvalue weighted by atomic mass is 79.9. The summed E-state index contributed by atoms with van der Waals surface area (Å²) >= 11 is 3.35. The predicted molar refractivity (Wildman–Crippen MR) is 72.3 cm³/mol. The first-order chi connectivity index (χ1) is 8.58. The Morgan fingerprint density at radius 1 is 1.44 bits per heavy atom. The van der Waals surface area contributed by atoms with Crippen molar-refractivity contribution in [2.75, 3.05) is 18.4 Å². The Bertz CT molecular complexity index is 461. The minimum Gasteiger partial charge on any atom is -0.374 e. The van der Waals surface area contributed by atoms with E-state index < -0.39 is 6.04 Å². The van der Waals surface area contributed by atoms with Crippen LogP contribution in [0, 0.1) is 0 Å². The molecule has 1 unspecified atom stereocenters. The molecule has 0 aromatic heterocycles. The lowest BCUT2D eigenvalue weighted by molar-refractivity contribution is -0.128. The molecule has 96 valence electrons. The van der Waals surface area contributed by atoms with Crippen molar-refractivity contribution in [3.05, 3.63) is 28.7 Å². The van der Waals surface area contributed by atoms with Crippen LogP contribution in [0.2, 0.25) is 0 Å². The third kappa shape index (κ3) is 2.81. The summed E-state index contributed by atoms with van der Waals surface area (Å²) in [6, 6.07) is 6.78. The minimum atomic E-state index is -0.435. The Labute approximate surface area is 114 Å². The van der Waals surface area contributed by atoms with E-state index in [9.17, 15) is 9.59 Å². The van der Waals surface area contributed by atoms with Crippen LogP contribution in [-0.2, 0) is 4.79 Å². The van der Waals surface area contributed by atoms with Crippen molar-refractivity contribution in [2.24, 2.45) is 0 Å². The van der Waals surface area contributed by atoms with Crippen molar-refractivity contribution in [2.45, 2.75) is 13.0 Å². The number of carbonyl (C=O) groups is 2. The smallest absolute Gasteiger partial charge is 0.324 e. The molecule has 1 heterocycles. The second-order valence-electron chi connectivity index (χ2n) is 4.09. The van der Waals surface area contributed by atoms with Gasteiger partial charge in [0.2, 0.25) is 0 Å². The molecule has 0 bridgehead atoms. The third-order valence-electron chi connectivity index (χ3n) is 2.72. The van der Waals surface area contributed by atoms with Gasteiger partial charge in [-0.25, -0.2) is 4.79 Å². The molecule has 18 heavy (non-hydrogen) atoms. The number of imide groups is 1. The molecule has 1 aliphatic rings. The van der Waals surface area contributed by atoms with E-state index in [0.717, 1.165) is 10.2 Å². The fourth-order valence-electron chi connectivity index (χ4n) is 1.77. The standard InChI is InChI=1S/C12H14BrN3O2/c1-8(11(17)16-7-6-14-12(16)18)15-10-4-2-9(13)3-5-10/h2-5,8,15H,6-7H2,1H3,(H,14,18). The van der Waals surface area contributed by atoms with Crippen LogP contribution in [0.3, 0.4) is 0 Å². The molecule has 1 aromatic rings. The number of hydrogen-bond acceptors (Lipinski definition) is 3. The zero-order valence-electron chi connectivity index (χ0n) is 9.94. The van der Waals surface area contributed by atoms with E-state index in [1.54, 1.807) is 6.92 Å². The molecule has 3 amide bonds. The first-order valence-electron chi connectivity index (χ1n) is 5.69. The van der Waals surface area contributed by atoms with Crippen molar-refractivity contribution < 1.29 is 9.59 Å². The number of anilines is 1. The molecule has 0 radical (unpaired) electrons. The summed E-state index contributed by atoms with van der Waals surface area (Å²) in [5, 5.41) is 5.68. The first-order valence-corrected chi connectivity index (χ1v) is 6.48. The highest BCUT2D eigenvalue weighted by molar-refractivity contribution is 9.10. The molecule has 0 aliphatic carbocycles. The average molecular weight is 312 g/mol. The fourth-order valence-corrected chi connectivity index (χ4v) is 2.04. The van der Waals surface area contributed by atoms with Crippen LogP contribution in [0.1, 0.15) is 6.92 Å². The van der Waals surface area contributed by atoms with Crippen molar-refractivity contribution in [1.82, 2.24) is 10.2 Å². The highest BCUT2D eigenvalue weighted by Crippen LogP contribution is 2.15. The van der Waals surface area contributed by atoms with Gasteiger partial charge in [0, 0.05) is 23.2 Å². The molecule has 1 fully saturated rings. The monoisotopic (exact) mass is 311 g/mol. The lowest BCUT2D eigenvalue weighted by Crippen LogP contribution is -2.43. The van der Waals surface area contributed by atoms with E-state index in [1.165, 1.54) is 4.90 Å². The molecule has 2 rings (SSSR count). The summed E-state index contributed by atoms with van der Waals surface area (Å²) in [5.41, 5.74) is 0.846. The van der Waals surface area contributed by atoms with E-state index in [2.05, 4.69) is 26.6 Å². The zero-order chi connectivity index (χ0) is 13.1. The van der Waals surface area contributed by atoms with E-state index in [4.69, 9.17) is 0 Å². The summed E-state index contributed by atoms with van der Waals surface area (Å²) in [6.07, 6.45) is 0. The molecule has 1 aliphatic heterocycles. The minimum absolute atomic E-state index is 0.215. The van der Waals surface area contributed by atoms with Gasteiger partial charge in [-0.05, 0) is 31.2 Å². The maximum absolute atomic E-state index is 12.0. The van der Waals surface area contributed by atoms with Gasteiger partial charge in [-0.2, -0.15) is 0 Å². The van der Waals surface area contributed by atoms with Crippen LogP contribution in [-0.4, -0.2) is 36.0 Å². The number of rotatable bonds is 3. The van der Waals surface area contributed by atoms with Crippen LogP contribution in [0.25, 0.3) is 0 Å². The molecule has 2 N–H and O–H groups in total. The third-order valence-corrected chi connectivity index (χ3v) is 3.25. The Kier molecular flexibility index (Phi) is 3.86. The topological polar surface area (TPSA) is 61.4 Å². The van der Waals surface area contributed by atoms with Crippen molar-refractivity contribution >= 4 is 33.6 Å². The van der Waals surface area contributed by atoms with Crippen molar-refractivity contribution in [3.8, 4) is 0 Å². The number of benzene rings is 1. The molecule has 1 aromatic carbocycles. The summed E-state index contributed by atoms with van der Waals surface area (Å²) in [7, 11) is 0. The van der Waals surface area contributed by atoms with E-state index >= 15 is 0 Å². The van der Waals surface area contributed by atoms with Gasteiger partial charge in [0.25, 0.3) is 5.91 Å². The highest BCUT2D eigenvalue weighted by Gasteiger charge is 2.29. The molecule has 6 heteroatoms. The Morgan fingerprint density at radius 3 is 2.67 bits per heavy atom. The Hall–Kier alpha value is -1.56. The summed E-state index contributed by atoms with van der Waals surface area (Å²) in [5.74, 6) is -0.215. The van der Waals surface area contributed by atoms with Crippen LogP contribution in [0.4, 0.5) is 10.5 Å². The normalized spacial score (nSPS) is 16.3. The Morgan fingerprint density at radius 2 is 2.11 bits per heavy atom. The van der Waals surface area contributed by atoms with Crippen molar-refractivity contribution in [1.29, 1.82) is 0 Å². The quantitative estimate of drug-likeness (QED) is 0.895. The van der Waals surface area contributed by atoms with Crippen LogP contribution < -0.4 is 10.6 Å². The van der Waals surface area contributed by atoms with Gasteiger partial charge in [0.05, 0.1) is 0 Å². The van der Waals surface area contributed by atoms with Crippen LogP contribution in [0.15, 0.2) is 28.7 Å². The number of amides is 3. The number of carbonyl (C=O) groups excluding carboxylic acids is 2. The van der Waals surface area contributed by atoms with Gasteiger partial charge < -0.3 is 10.6 Å².